The van der Waals surface area contributed by atoms with E-state index in [0.29, 0.717) is 6.54 Å². The molecule has 1 aliphatic heterocycles. The van der Waals surface area contributed by atoms with Crippen LogP contribution < -0.4 is 10.5 Å². The van der Waals surface area contributed by atoms with Gasteiger partial charge >= 0.3 is 0 Å². The number of nitrogens with zero attached hydrogens (tertiary/aromatic N) is 1. The van der Waals surface area contributed by atoms with Crippen molar-refractivity contribution in [2.24, 2.45) is 5.73 Å². The SMILES string of the molecule is CN(CCCOc1ccccc1CN)C1CCSC1. The Balaban J connectivity index is 1.68. The minimum atomic E-state index is 0.537. The van der Waals surface area contributed by atoms with Gasteiger partial charge in [-0.05, 0) is 31.7 Å². The fourth-order valence-corrected chi connectivity index (χ4v) is 3.66. The van der Waals surface area contributed by atoms with Crippen LogP contribution in [0.2, 0.25) is 0 Å². The highest BCUT2D eigenvalue weighted by molar-refractivity contribution is 7.99. The number of thioether (sulfide) groups is 1. The Kier molecular flexibility index (Phi) is 6.01. The number of para-hydroxylation sites is 1. The Hall–Kier alpha value is -0.710. The van der Waals surface area contributed by atoms with Crippen LogP contribution in [0, 0.1) is 0 Å². The number of hydrogen-bond donors (Lipinski definition) is 1. The van der Waals surface area contributed by atoms with Crippen molar-refractivity contribution in [3.8, 4) is 5.75 Å². The molecular weight excluding hydrogens is 256 g/mol. The van der Waals surface area contributed by atoms with Crippen molar-refractivity contribution in [2.75, 3.05) is 31.7 Å². The lowest BCUT2D eigenvalue weighted by Gasteiger charge is -2.23. The van der Waals surface area contributed by atoms with E-state index in [0.717, 1.165) is 36.9 Å². The molecule has 0 aromatic heterocycles. The Morgan fingerprint density at radius 3 is 3.00 bits per heavy atom. The fraction of sp³-hybridized carbons (Fsp3) is 0.600. The standard InChI is InChI=1S/C15H24N2OS/c1-17(14-7-10-19-12-14)8-4-9-18-15-6-3-2-5-13(15)11-16/h2-3,5-6,14H,4,7-12,16H2,1H3. The van der Waals surface area contributed by atoms with Crippen molar-refractivity contribution >= 4 is 11.8 Å². The Morgan fingerprint density at radius 2 is 2.26 bits per heavy atom. The van der Waals surface area contributed by atoms with E-state index in [-0.39, 0.29) is 0 Å². The van der Waals surface area contributed by atoms with Crippen LogP contribution in [0.5, 0.6) is 5.75 Å². The van der Waals surface area contributed by atoms with Crippen molar-refractivity contribution < 1.29 is 4.74 Å². The Labute approximate surface area is 120 Å². The molecule has 1 unspecified atom stereocenters. The summed E-state index contributed by atoms with van der Waals surface area (Å²) in [5.74, 6) is 3.53. The van der Waals surface area contributed by atoms with E-state index in [1.54, 1.807) is 0 Å². The lowest BCUT2D eigenvalue weighted by atomic mass is 10.2. The molecule has 0 spiro atoms. The van der Waals surface area contributed by atoms with E-state index in [2.05, 4.69) is 23.7 Å². The van der Waals surface area contributed by atoms with E-state index in [4.69, 9.17) is 10.5 Å². The van der Waals surface area contributed by atoms with Gasteiger partial charge in [-0.3, -0.25) is 0 Å². The van der Waals surface area contributed by atoms with E-state index in [1.165, 1.54) is 17.9 Å². The molecular formula is C15H24N2OS. The summed E-state index contributed by atoms with van der Waals surface area (Å²) in [6.07, 6.45) is 2.40. The van der Waals surface area contributed by atoms with Gasteiger partial charge in [0.2, 0.25) is 0 Å². The molecule has 0 amide bonds. The molecule has 0 radical (unpaired) electrons. The van der Waals surface area contributed by atoms with Crippen LogP contribution in [-0.4, -0.2) is 42.6 Å². The van der Waals surface area contributed by atoms with Crippen molar-refractivity contribution in [1.82, 2.24) is 4.90 Å². The molecule has 4 heteroatoms. The molecule has 1 aromatic carbocycles. The highest BCUT2D eigenvalue weighted by Crippen LogP contribution is 2.21. The third-order valence-corrected chi connectivity index (χ3v) is 4.78. The first-order valence-electron chi connectivity index (χ1n) is 7.00. The first-order valence-corrected chi connectivity index (χ1v) is 8.15. The quantitative estimate of drug-likeness (QED) is 0.778. The molecule has 1 saturated heterocycles. The van der Waals surface area contributed by atoms with Gasteiger partial charge in [-0.25, -0.2) is 0 Å². The molecule has 0 aliphatic carbocycles. The number of rotatable bonds is 7. The molecule has 0 saturated carbocycles. The monoisotopic (exact) mass is 280 g/mol. The van der Waals surface area contributed by atoms with Gasteiger partial charge in [0.15, 0.2) is 0 Å². The zero-order valence-electron chi connectivity index (χ0n) is 11.7. The van der Waals surface area contributed by atoms with Crippen LogP contribution >= 0.6 is 11.8 Å². The van der Waals surface area contributed by atoms with E-state index >= 15 is 0 Å². The van der Waals surface area contributed by atoms with E-state index in [1.807, 2.05) is 24.3 Å². The highest BCUT2D eigenvalue weighted by Gasteiger charge is 2.19. The molecule has 2 rings (SSSR count). The van der Waals surface area contributed by atoms with Crippen molar-refractivity contribution in [3.63, 3.8) is 0 Å². The normalized spacial score (nSPS) is 19.0. The van der Waals surface area contributed by atoms with Crippen LogP contribution in [0.3, 0.4) is 0 Å². The second kappa shape index (κ2) is 7.78. The molecule has 3 nitrogen and oxygen atoms in total. The fourth-order valence-electron chi connectivity index (χ4n) is 2.36. The van der Waals surface area contributed by atoms with Crippen LogP contribution in [0.15, 0.2) is 24.3 Å². The summed E-state index contributed by atoms with van der Waals surface area (Å²) in [4.78, 5) is 2.47. The van der Waals surface area contributed by atoms with Gasteiger partial charge in [0.05, 0.1) is 6.61 Å². The number of ether oxygens (including phenoxy) is 1. The first kappa shape index (κ1) is 14.7. The zero-order chi connectivity index (χ0) is 13.5. The van der Waals surface area contributed by atoms with Gasteiger partial charge in [-0.15, -0.1) is 0 Å². The average molecular weight is 280 g/mol. The van der Waals surface area contributed by atoms with Crippen LogP contribution in [-0.2, 0) is 6.54 Å². The molecule has 1 atom stereocenters. The first-order chi connectivity index (χ1) is 9.31. The second-order valence-corrected chi connectivity index (χ2v) is 6.16. The summed E-state index contributed by atoms with van der Waals surface area (Å²) in [7, 11) is 2.23. The predicted molar refractivity (Wildman–Crippen MR) is 82.8 cm³/mol. The maximum absolute atomic E-state index is 5.83. The number of nitrogens with two attached hydrogens (primary N) is 1. The molecule has 0 bridgehead atoms. The third kappa shape index (κ3) is 4.41. The van der Waals surface area contributed by atoms with E-state index in [9.17, 15) is 0 Å². The molecule has 2 N–H and O–H groups in total. The molecule has 1 fully saturated rings. The smallest absolute Gasteiger partial charge is 0.123 e. The predicted octanol–water partition coefficient (Wildman–Crippen LogP) is 2.35. The maximum Gasteiger partial charge on any atom is 0.123 e. The Bertz CT molecular complexity index is 380. The number of benzene rings is 1. The molecule has 19 heavy (non-hydrogen) atoms. The summed E-state index contributed by atoms with van der Waals surface area (Å²) in [5, 5.41) is 0. The average Bonchev–Trinajstić information content (AvgIpc) is 2.98. The minimum absolute atomic E-state index is 0.537. The van der Waals surface area contributed by atoms with E-state index < -0.39 is 0 Å². The summed E-state index contributed by atoms with van der Waals surface area (Å²) in [5.41, 5.74) is 6.78. The van der Waals surface area contributed by atoms with Crippen LogP contribution in [0.4, 0.5) is 0 Å². The third-order valence-electron chi connectivity index (χ3n) is 3.63. The highest BCUT2D eigenvalue weighted by atomic mass is 32.2. The largest absolute Gasteiger partial charge is 0.493 e. The minimum Gasteiger partial charge on any atom is -0.493 e. The molecule has 1 aliphatic rings. The molecule has 1 heterocycles. The van der Waals surface area contributed by atoms with Gasteiger partial charge < -0.3 is 15.4 Å². The summed E-state index contributed by atoms with van der Waals surface area (Å²) >= 11 is 2.06. The van der Waals surface area contributed by atoms with Crippen LogP contribution in [0.1, 0.15) is 18.4 Å². The van der Waals surface area contributed by atoms with Gasteiger partial charge in [-0.1, -0.05) is 18.2 Å². The van der Waals surface area contributed by atoms with Gasteiger partial charge in [0.1, 0.15) is 5.75 Å². The molecule has 1 aromatic rings. The van der Waals surface area contributed by atoms with Crippen LogP contribution in [0.25, 0.3) is 0 Å². The zero-order valence-corrected chi connectivity index (χ0v) is 12.5. The lowest BCUT2D eigenvalue weighted by molar-refractivity contribution is 0.226. The second-order valence-electron chi connectivity index (χ2n) is 5.01. The van der Waals surface area contributed by atoms with Crippen molar-refractivity contribution in [3.05, 3.63) is 29.8 Å². The van der Waals surface area contributed by atoms with Crippen molar-refractivity contribution in [2.45, 2.75) is 25.4 Å². The van der Waals surface area contributed by atoms with Gasteiger partial charge in [0.25, 0.3) is 0 Å². The lowest BCUT2D eigenvalue weighted by Crippen LogP contribution is -2.32. The summed E-state index contributed by atoms with van der Waals surface area (Å²) in [6.45, 7) is 2.41. The van der Waals surface area contributed by atoms with Gasteiger partial charge in [0, 0.05) is 30.4 Å². The number of hydrogen-bond acceptors (Lipinski definition) is 4. The topological polar surface area (TPSA) is 38.5 Å². The van der Waals surface area contributed by atoms with Crippen molar-refractivity contribution in [1.29, 1.82) is 0 Å². The molecule has 106 valence electrons. The summed E-state index contributed by atoms with van der Waals surface area (Å²) in [6, 6.07) is 8.79. The van der Waals surface area contributed by atoms with Gasteiger partial charge in [-0.2, -0.15) is 11.8 Å². The Morgan fingerprint density at radius 1 is 1.42 bits per heavy atom. The maximum atomic E-state index is 5.83. The summed E-state index contributed by atoms with van der Waals surface area (Å²) < 4.78 is 5.83.